The Bertz CT molecular complexity index is 597. The van der Waals surface area contributed by atoms with Gasteiger partial charge in [-0.05, 0) is 29.8 Å². The number of methoxy groups -OCH3 is 1. The third-order valence-corrected chi connectivity index (χ3v) is 3.33. The summed E-state index contributed by atoms with van der Waals surface area (Å²) < 4.78 is 5.73. The van der Waals surface area contributed by atoms with Crippen molar-refractivity contribution in [1.29, 1.82) is 0 Å². The predicted octanol–water partition coefficient (Wildman–Crippen LogP) is 3.87. The fraction of sp³-hybridized carbons (Fsp3) is 0.182. The van der Waals surface area contributed by atoms with Gasteiger partial charge in [-0.3, -0.25) is 0 Å². The normalized spacial score (nSPS) is 10.3. The van der Waals surface area contributed by atoms with Crippen molar-refractivity contribution >= 4 is 57.4 Å². The number of aromatic nitrogens is 3. The number of nitrogens with zero attached hydrogens (tertiary/aromatic N) is 3. The van der Waals surface area contributed by atoms with Crippen molar-refractivity contribution in [1.82, 2.24) is 15.0 Å². The van der Waals surface area contributed by atoms with E-state index in [9.17, 15) is 0 Å². The SMILES string of the molecule is COc1ccc(Nc2nc(Cl)nc(CI)n2)cc1Cl. The summed E-state index contributed by atoms with van der Waals surface area (Å²) in [7, 11) is 1.56. The van der Waals surface area contributed by atoms with E-state index in [1.54, 1.807) is 19.2 Å². The lowest BCUT2D eigenvalue weighted by atomic mass is 10.3. The molecule has 0 amide bonds. The van der Waals surface area contributed by atoms with Gasteiger partial charge in [-0.2, -0.15) is 9.97 Å². The molecule has 0 bridgehead atoms. The fourth-order valence-electron chi connectivity index (χ4n) is 1.38. The van der Waals surface area contributed by atoms with E-state index in [0.717, 1.165) is 5.69 Å². The van der Waals surface area contributed by atoms with E-state index in [2.05, 4.69) is 42.9 Å². The molecule has 0 saturated carbocycles. The van der Waals surface area contributed by atoms with Crippen LogP contribution in [0.2, 0.25) is 10.3 Å². The number of hydrogen-bond donors (Lipinski definition) is 1. The third-order valence-electron chi connectivity index (χ3n) is 2.18. The molecule has 1 aromatic heterocycles. The van der Waals surface area contributed by atoms with Crippen LogP contribution >= 0.6 is 45.8 Å². The van der Waals surface area contributed by atoms with Crippen LogP contribution in [0.4, 0.5) is 11.6 Å². The van der Waals surface area contributed by atoms with Crippen LogP contribution < -0.4 is 10.1 Å². The summed E-state index contributed by atoms with van der Waals surface area (Å²) in [4.78, 5) is 12.2. The van der Waals surface area contributed by atoms with E-state index >= 15 is 0 Å². The molecule has 2 rings (SSSR count). The van der Waals surface area contributed by atoms with Crippen LogP contribution in [0, 0.1) is 0 Å². The van der Waals surface area contributed by atoms with Crippen molar-refractivity contribution in [2.75, 3.05) is 12.4 Å². The zero-order chi connectivity index (χ0) is 13.8. The Balaban J connectivity index is 2.25. The first-order chi connectivity index (χ1) is 9.12. The standard InChI is InChI=1S/C11H9Cl2IN4O/c1-19-8-3-2-6(4-7(8)12)15-11-17-9(5-14)16-10(13)18-11/h2-4H,5H2,1H3,(H,15,16,17,18). The predicted molar refractivity (Wildman–Crippen MR) is 83.8 cm³/mol. The van der Waals surface area contributed by atoms with Gasteiger partial charge < -0.3 is 10.1 Å². The lowest BCUT2D eigenvalue weighted by molar-refractivity contribution is 0.415. The van der Waals surface area contributed by atoms with Gasteiger partial charge in [0.25, 0.3) is 0 Å². The minimum atomic E-state index is 0.156. The highest BCUT2D eigenvalue weighted by atomic mass is 127. The summed E-state index contributed by atoms with van der Waals surface area (Å²) >= 11 is 14.0. The molecule has 1 aromatic carbocycles. The molecule has 19 heavy (non-hydrogen) atoms. The van der Waals surface area contributed by atoms with Crippen molar-refractivity contribution in [3.05, 3.63) is 34.3 Å². The van der Waals surface area contributed by atoms with Crippen LogP contribution in [0.3, 0.4) is 0 Å². The number of halogens is 3. The molecule has 0 saturated heterocycles. The topological polar surface area (TPSA) is 59.9 Å². The lowest BCUT2D eigenvalue weighted by Crippen LogP contribution is -2.02. The Kier molecular flexibility index (Phi) is 5.00. The molecule has 0 radical (unpaired) electrons. The van der Waals surface area contributed by atoms with Crippen molar-refractivity contribution in [2.45, 2.75) is 4.43 Å². The fourth-order valence-corrected chi connectivity index (χ4v) is 2.16. The largest absolute Gasteiger partial charge is 0.495 e. The van der Waals surface area contributed by atoms with E-state index in [4.69, 9.17) is 27.9 Å². The van der Waals surface area contributed by atoms with Gasteiger partial charge in [-0.25, -0.2) is 4.98 Å². The van der Waals surface area contributed by atoms with Gasteiger partial charge in [0.1, 0.15) is 11.6 Å². The average Bonchev–Trinajstić information content (AvgIpc) is 2.38. The Morgan fingerprint density at radius 3 is 2.68 bits per heavy atom. The second-order valence-electron chi connectivity index (χ2n) is 3.45. The van der Waals surface area contributed by atoms with E-state index < -0.39 is 0 Å². The highest BCUT2D eigenvalue weighted by molar-refractivity contribution is 14.1. The van der Waals surface area contributed by atoms with Gasteiger partial charge >= 0.3 is 0 Å². The Labute approximate surface area is 133 Å². The van der Waals surface area contributed by atoms with Crippen LogP contribution in [0.25, 0.3) is 0 Å². The highest BCUT2D eigenvalue weighted by Crippen LogP contribution is 2.28. The van der Waals surface area contributed by atoms with Crippen molar-refractivity contribution in [2.24, 2.45) is 0 Å². The summed E-state index contributed by atoms with van der Waals surface area (Å²) in [5.41, 5.74) is 0.743. The van der Waals surface area contributed by atoms with Crippen LogP contribution in [0.5, 0.6) is 5.75 Å². The second-order valence-corrected chi connectivity index (χ2v) is 4.96. The van der Waals surface area contributed by atoms with Gasteiger partial charge in [0, 0.05) is 5.69 Å². The van der Waals surface area contributed by atoms with E-state index in [1.165, 1.54) is 0 Å². The molecule has 5 nitrogen and oxygen atoms in total. The Morgan fingerprint density at radius 1 is 1.26 bits per heavy atom. The number of hydrogen-bond acceptors (Lipinski definition) is 5. The molecule has 0 aliphatic carbocycles. The van der Waals surface area contributed by atoms with E-state index in [-0.39, 0.29) is 5.28 Å². The van der Waals surface area contributed by atoms with Gasteiger partial charge in [-0.15, -0.1) is 0 Å². The third kappa shape index (κ3) is 3.80. The van der Waals surface area contributed by atoms with Crippen molar-refractivity contribution in [3.63, 3.8) is 0 Å². The molecule has 8 heteroatoms. The van der Waals surface area contributed by atoms with Crippen LogP contribution in [-0.4, -0.2) is 22.1 Å². The molecule has 0 aliphatic rings. The molecule has 1 heterocycles. The molecule has 0 spiro atoms. The van der Waals surface area contributed by atoms with Gasteiger partial charge in [-0.1, -0.05) is 34.2 Å². The molecule has 0 unspecified atom stereocenters. The lowest BCUT2D eigenvalue weighted by Gasteiger charge is -2.08. The number of nitrogens with one attached hydrogen (secondary N) is 1. The zero-order valence-electron chi connectivity index (χ0n) is 9.82. The number of anilines is 2. The molecule has 0 aliphatic heterocycles. The minimum absolute atomic E-state index is 0.156. The molecule has 100 valence electrons. The van der Waals surface area contributed by atoms with Crippen molar-refractivity contribution < 1.29 is 4.74 Å². The van der Waals surface area contributed by atoms with Crippen LogP contribution in [-0.2, 0) is 4.43 Å². The molecule has 0 fully saturated rings. The molecular formula is C11H9Cl2IN4O. The van der Waals surface area contributed by atoms with E-state index in [1.807, 2.05) is 6.07 Å². The maximum absolute atomic E-state index is 6.04. The first kappa shape index (κ1) is 14.5. The number of rotatable bonds is 4. The summed E-state index contributed by atoms with van der Waals surface area (Å²) in [6.07, 6.45) is 0. The van der Waals surface area contributed by atoms with Crippen LogP contribution in [0.1, 0.15) is 5.82 Å². The van der Waals surface area contributed by atoms with E-state index in [0.29, 0.717) is 27.0 Å². The maximum Gasteiger partial charge on any atom is 0.231 e. The average molecular weight is 411 g/mol. The number of benzene rings is 1. The summed E-state index contributed by atoms with van der Waals surface area (Å²) in [6, 6.07) is 5.29. The molecular weight excluding hydrogens is 402 g/mol. The van der Waals surface area contributed by atoms with Gasteiger partial charge in [0.2, 0.25) is 11.2 Å². The summed E-state index contributed by atoms with van der Waals surface area (Å²) in [5, 5.41) is 3.68. The minimum Gasteiger partial charge on any atom is -0.495 e. The van der Waals surface area contributed by atoms with Gasteiger partial charge in [0.05, 0.1) is 16.6 Å². The Morgan fingerprint density at radius 2 is 2.05 bits per heavy atom. The van der Waals surface area contributed by atoms with Crippen molar-refractivity contribution in [3.8, 4) is 5.75 Å². The quantitative estimate of drug-likeness (QED) is 0.612. The smallest absolute Gasteiger partial charge is 0.231 e. The highest BCUT2D eigenvalue weighted by Gasteiger charge is 2.06. The first-order valence-electron chi connectivity index (χ1n) is 5.19. The molecule has 2 aromatic rings. The zero-order valence-corrected chi connectivity index (χ0v) is 13.5. The Hall–Kier alpha value is -0.860. The monoisotopic (exact) mass is 410 g/mol. The second kappa shape index (κ2) is 6.53. The summed E-state index contributed by atoms with van der Waals surface area (Å²) in [5.74, 6) is 1.60. The molecule has 0 atom stereocenters. The number of alkyl halides is 1. The number of ether oxygens (including phenoxy) is 1. The van der Waals surface area contributed by atoms with Gasteiger partial charge in [0.15, 0.2) is 0 Å². The molecule has 1 N–H and O–H groups in total. The maximum atomic E-state index is 6.04. The van der Waals surface area contributed by atoms with Crippen LogP contribution in [0.15, 0.2) is 18.2 Å². The summed E-state index contributed by atoms with van der Waals surface area (Å²) in [6.45, 7) is 0. The first-order valence-corrected chi connectivity index (χ1v) is 7.47.